The number of rotatable bonds is 10. The maximum absolute atomic E-state index is 12.6. The molecule has 0 radical (unpaired) electrons. The molecule has 0 bridgehead atoms. The Morgan fingerprint density at radius 1 is 0.711 bits per heavy atom. The van der Waals surface area contributed by atoms with Gasteiger partial charge < -0.3 is 28.4 Å². The maximum Gasteiger partial charge on any atom is 0.333 e. The van der Waals surface area contributed by atoms with Crippen LogP contribution in [0.1, 0.15) is 27.7 Å². The summed E-state index contributed by atoms with van der Waals surface area (Å²) in [6, 6.07) is 0. The fourth-order valence-corrected chi connectivity index (χ4v) is 2.78. The molecule has 38 heavy (non-hydrogen) atoms. The second-order valence-electron chi connectivity index (χ2n) is 8.32. The van der Waals surface area contributed by atoms with Crippen LogP contribution in [-0.2, 0) is 47.6 Å². The Morgan fingerprint density at radius 2 is 1.11 bits per heavy atom. The summed E-state index contributed by atoms with van der Waals surface area (Å²) in [5, 5.41) is 7.95. The molecule has 1 rings (SSSR count). The SMILES string of the molecule is C=C(C)C(=O)OC[C@H]1O[C@H](OC(=N)C(Cl)(Cl)Cl)[C@H](OC(=O)C(=C)C)[C@@H](OC(=O)C(=C)C)[C@@H]1OC(=O)C(=C)C. The molecule has 5 atom stereocenters. The third kappa shape index (κ3) is 9.46. The van der Waals surface area contributed by atoms with Crippen molar-refractivity contribution in [3.05, 3.63) is 48.6 Å². The summed E-state index contributed by atoms with van der Waals surface area (Å²) in [6.07, 6.45) is -8.16. The molecule has 210 valence electrons. The zero-order chi connectivity index (χ0) is 29.5. The third-order valence-corrected chi connectivity index (χ3v) is 5.10. The van der Waals surface area contributed by atoms with Crippen molar-refractivity contribution in [3.8, 4) is 0 Å². The van der Waals surface area contributed by atoms with Crippen molar-refractivity contribution in [2.24, 2.45) is 0 Å². The molecule has 0 aromatic heterocycles. The molecule has 14 heteroatoms. The molecule has 1 N–H and O–H groups in total. The molecule has 0 amide bonds. The molecule has 0 saturated carbocycles. The van der Waals surface area contributed by atoms with Crippen molar-refractivity contribution in [2.75, 3.05) is 6.61 Å². The highest BCUT2D eigenvalue weighted by molar-refractivity contribution is 6.76. The van der Waals surface area contributed by atoms with Crippen LogP contribution in [0.4, 0.5) is 0 Å². The van der Waals surface area contributed by atoms with Crippen molar-refractivity contribution in [1.29, 1.82) is 5.41 Å². The van der Waals surface area contributed by atoms with Gasteiger partial charge in [0.05, 0.1) is 0 Å². The van der Waals surface area contributed by atoms with E-state index in [0.29, 0.717) is 0 Å². The lowest BCUT2D eigenvalue weighted by Crippen LogP contribution is -2.63. The average molecular weight is 597 g/mol. The van der Waals surface area contributed by atoms with E-state index in [1.807, 2.05) is 0 Å². The first-order chi connectivity index (χ1) is 17.4. The Labute approximate surface area is 234 Å². The molecule has 0 spiro atoms. The molecule has 11 nitrogen and oxygen atoms in total. The molecule has 0 aromatic carbocycles. The van der Waals surface area contributed by atoms with Gasteiger partial charge in [-0.05, 0) is 27.7 Å². The standard InChI is InChI=1S/C24H28Cl3NO10/c1-10(2)18(29)33-9-14-15(35-19(30)11(3)4)16(36-20(31)12(5)6)17(37-21(32)13(7)8)22(34-14)38-23(28)24(25,26)27/h14-17,22,28H,1,3,5,7,9H2,2,4,6,8H3/t14-,15-,16+,17-,22-/m1/s1. The first-order valence-electron chi connectivity index (χ1n) is 10.8. The van der Waals surface area contributed by atoms with E-state index in [4.69, 9.17) is 68.6 Å². The van der Waals surface area contributed by atoms with Gasteiger partial charge in [0.15, 0.2) is 12.2 Å². The van der Waals surface area contributed by atoms with Gasteiger partial charge in [-0.1, -0.05) is 61.1 Å². The minimum Gasteiger partial charge on any atom is -0.459 e. The van der Waals surface area contributed by atoms with Gasteiger partial charge in [-0.2, -0.15) is 0 Å². The van der Waals surface area contributed by atoms with Gasteiger partial charge in [-0.25, -0.2) is 19.2 Å². The lowest BCUT2D eigenvalue weighted by Gasteiger charge is -2.44. The van der Waals surface area contributed by atoms with E-state index in [9.17, 15) is 19.2 Å². The molecule has 1 aliphatic heterocycles. The molecular formula is C24H28Cl3NO10. The van der Waals surface area contributed by atoms with Crippen LogP contribution in [0.5, 0.6) is 0 Å². The van der Waals surface area contributed by atoms with Gasteiger partial charge in [-0.15, -0.1) is 0 Å². The maximum atomic E-state index is 12.6. The number of nitrogens with one attached hydrogen (secondary N) is 1. The number of halogens is 3. The van der Waals surface area contributed by atoms with Crippen LogP contribution >= 0.6 is 34.8 Å². The van der Waals surface area contributed by atoms with Gasteiger partial charge in [0, 0.05) is 22.3 Å². The van der Waals surface area contributed by atoms with E-state index in [1.165, 1.54) is 27.7 Å². The number of alkyl halides is 3. The third-order valence-electron chi connectivity index (χ3n) is 4.58. The molecule has 1 aliphatic rings. The summed E-state index contributed by atoms with van der Waals surface area (Å²) in [7, 11) is 0. The summed E-state index contributed by atoms with van der Waals surface area (Å²) in [4.78, 5) is 49.6. The van der Waals surface area contributed by atoms with Gasteiger partial charge >= 0.3 is 23.9 Å². The molecule has 1 fully saturated rings. The number of hydrogen-bond donors (Lipinski definition) is 1. The number of hydrogen-bond acceptors (Lipinski definition) is 11. The van der Waals surface area contributed by atoms with Crippen LogP contribution in [0, 0.1) is 5.41 Å². The van der Waals surface area contributed by atoms with E-state index >= 15 is 0 Å². The van der Waals surface area contributed by atoms with Gasteiger partial charge in [0.2, 0.25) is 18.3 Å². The molecule has 0 aliphatic carbocycles. The molecule has 1 saturated heterocycles. The molecule has 1 heterocycles. The Balaban J connectivity index is 3.68. The summed E-state index contributed by atoms with van der Waals surface area (Å²) < 4.78 is 30.2. The summed E-state index contributed by atoms with van der Waals surface area (Å²) in [5.74, 6) is -4.68. The average Bonchev–Trinajstić information content (AvgIpc) is 2.79. The quantitative estimate of drug-likeness (QED) is 0.0989. The van der Waals surface area contributed by atoms with Crippen LogP contribution < -0.4 is 0 Å². The van der Waals surface area contributed by atoms with Gasteiger partial charge in [-0.3, -0.25) is 5.41 Å². The van der Waals surface area contributed by atoms with Crippen molar-refractivity contribution in [2.45, 2.75) is 62.2 Å². The Kier molecular flexibility index (Phi) is 12.0. The number of esters is 4. The minimum atomic E-state index is -2.37. The van der Waals surface area contributed by atoms with Crippen LogP contribution in [0.15, 0.2) is 48.6 Å². The zero-order valence-corrected chi connectivity index (χ0v) is 23.4. The van der Waals surface area contributed by atoms with Crippen LogP contribution in [0.2, 0.25) is 0 Å². The molecule has 0 unspecified atom stereocenters. The predicted molar refractivity (Wildman–Crippen MR) is 138 cm³/mol. The summed E-state index contributed by atoms with van der Waals surface area (Å²) >= 11 is 17.2. The number of carbonyl (C=O) groups is 4. The molecular weight excluding hydrogens is 569 g/mol. The lowest BCUT2D eigenvalue weighted by molar-refractivity contribution is -0.291. The van der Waals surface area contributed by atoms with E-state index in [2.05, 4.69) is 26.3 Å². The highest BCUT2D eigenvalue weighted by atomic mass is 35.6. The predicted octanol–water partition coefficient (Wildman–Crippen LogP) is 3.66. The second kappa shape index (κ2) is 13.8. The van der Waals surface area contributed by atoms with Crippen LogP contribution in [0.3, 0.4) is 0 Å². The van der Waals surface area contributed by atoms with Crippen molar-refractivity contribution >= 4 is 64.6 Å². The number of ether oxygens (including phenoxy) is 6. The Bertz CT molecular complexity index is 1050. The highest BCUT2D eigenvalue weighted by Gasteiger charge is 2.55. The fraction of sp³-hybridized carbons (Fsp3) is 0.458. The first kappa shape index (κ1) is 33.2. The Morgan fingerprint density at radius 3 is 1.50 bits per heavy atom. The van der Waals surface area contributed by atoms with Gasteiger partial charge in [0.25, 0.3) is 3.79 Å². The smallest absolute Gasteiger partial charge is 0.333 e. The van der Waals surface area contributed by atoms with Crippen LogP contribution in [0.25, 0.3) is 0 Å². The zero-order valence-electron chi connectivity index (χ0n) is 21.1. The summed E-state index contributed by atoms with van der Waals surface area (Å²) in [5.41, 5.74) is -0.138. The topological polar surface area (TPSA) is 148 Å². The first-order valence-corrected chi connectivity index (χ1v) is 11.9. The number of carbonyl (C=O) groups excluding carboxylic acids is 4. The van der Waals surface area contributed by atoms with E-state index in [1.54, 1.807) is 0 Å². The van der Waals surface area contributed by atoms with Crippen molar-refractivity contribution < 1.29 is 47.6 Å². The van der Waals surface area contributed by atoms with Crippen LogP contribution in [-0.4, -0.2) is 70.9 Å². The molecule has 0 aromatic rings. The van der Waals surface area contributed by atoms with Crippen molar-refractivity contribution in [3.63, 3.8) is 0 Å². The monoisotopic (exact) mass is 595 g/mol. The minimum absolute atomic E-state index is 0.0421. The van der Waals surface area contributed by atoms with Gasteiger partial charge in [0.1, 0.15) is 12.7 Å². The van der Waals surface area contributed by atoms with E-state index in [0.717, 1.165) is 0 Å². The largest absolute Gasteiger partial charge is 0.459 e. The van der Waals surface area contributed by atoms with E-state index in [-0.39, 0.29) is 22.3 Å². The highest BCUT2D eigenvalue weighted by Crippen LogP contribution is 2.34. The summed E-state index contributed by atoms with van der Waals surface area (Å²) in [6.45, 7) is 18.8. The lowest BCUT2D eigenvalue weighted by atomic mass is 9.97. The second-order valence-corrected chi connectivity index (χ2v) is 10.6. The Hall–Kier alpha value is -2.86. The van der Waals surface area contributed by atoms with E-state index < -0.39 is 70.9 Å². The van der Waals surface area contributed by atoms with Crippen molar-refractivity contribution in [1.82, 2.24) is 0 Å². The fourth-order valence-electron chi connectivity index (χ4n) is 2.65. The normalized spacial score (nSPS) is 22.8.